The molecule has 2 unspecified atom stereocenters. The number of anilines is 1. The van der Waals surface area contributed by atoms with Crippen LogP contribution in [0.1, 0.15) is 51.5 Å². The molecule has 0 heterocycles. The zero-order valence-electron chi connectivity index (χ0n) is 13.7. The average Bonchev–Trinajstić information content (AvgIpc) is 2.47. The lowest BCUT2D eigenvalue weighted by Gasteiger charge is -2.35. The average molecular weight is 292 g/mol. The number of hydrogen-bond acceptors (Lipinski definition) is 2. The summed E-state index contributed by atoms with van der Waals surface area (Å²) in [5, 5.41) is 3.32. The van der Waals surface area contributed by atoms with E-state index in [-0.39, 0.29) is 5.82 Å². The van der Waals surface area contributed by atoms with Gasteiger partial charge >= 0.3 is 0 Å². The number of nitrogens with one attached hydrogen (secondary N) is 1. The van der Waals surface area contributed by atoms with Gasteiger partial charge in [0.1, 0.15) is 5.82 Å². The van der Waals surface area contributed by atoms with Gasteiger partial charge < -0.3 is 10.2 Å². The van der Waals surface area contributed by atoms with Gasteiger partial charge in [-0.05, 0) is 49.4 Å². The Balaban J connectivity index is 2.02. The summed E-state index contributed by atoms with van der Waals surface area (Å²) in [7, 11) is 2.04. The van der Waals surface area contributed by atoms with Crippen LogP contribution in [0.15, 0.2) is 18.2 Å². The molecule has 1 fully saturated rings. The Kier molecular flexibility index (Phi) is 6.04. The number of benzene rings is 1. The van der Waals surface area contributed by atoms with Gasteiger partial charge in [-0.15, -0.1) is 0 Å². The van der Waals surface area contributed by atoms with Crippen LogP contribution in [0.5, 0.6) is 0 Å². The predicted molar refractivity (Wildman–Crippen MR) is 88.2 cm³/mol. The molecular formula is C18H29FN2. The van der Waals surface area contributed by atoms with Crippen molar-refractivity contribution in [3.05, 3.63) is 29.6 Å². The van der Waals surface area contributed by atoms with Crippen LogP contribution in [0.25, 0.3) is 0 Å². The van der Waals surface area contributed by atoms with Gasteiger partial charge in [0.2, 0.25) is 0 Å². The molecule has 2 rings (SSSR count). The maximum absolute atomic E-state index is 14.4. The normalized spacial score (nSPS) is 22.3. The summed E-state index contributed by atoms with van der Waals surface area (Å²) >= 11 is 0. The van der Waals surface area contributed by atoms with Crippen LogP contribution < -0.4 is 10.2 Å². The van der Waals surface area contributed by atoms with Crippen molar-refractivity contribution in [1.29, 1.82) is 0 Å². The van der Waals surface area contributed by atoms with Gasteiger partial charge in [0.25, 0.3) is 0 Å². The molecule has 118 valence electrons. The summed E-state index contributed by atoms with van der Waals surface area (Å²) < 4.78 is 14.4. The van der Waals surface area contributed by atoms with E-state index in [2.05, 4.69) is 24.1 Å². The number of hydrogen-bond donors (Lipinski definition) is 1. The van der Waals surface area contributed by atoms with E-state index in [1.807, 2.05) is 19.2 Å². The topological polar surface area (TPSA) is 15.3 Å². The predicted octanol–water partition coefficient (Wildman–Crippen LogP) is 4.34. The van der Waals surface area contributed by atoms with Gasteiger partial charge in [-0.3, -0.25) is 0 Å². The van der Waals surface area contributed by atoms with Crippen LogP contribution in [-0.2, 0) is 6.54 Å². The molecule has 1 aliphatic rings. The Hall–Kier alpha value is -1.09. The lowest BCUT2D eigenvalue weighted by atomic mass is 9.86. The van der Waals surface area contributed by atoms with Crippen LogP contribution in [0.4, 0.5) is 10.1 Å². The quantitative estimate of drug-likeness (QED) is 0.785. The molecule has 0 amide bonds. The van der Waals surface area contributed by atoms with Gasteiger partial charge in [-0.1, -0.05) is 32.8 Å². The van der Waals surface area contributed by atoms with Crippen LogP contribution in [0.3, 0.4) is 0 Å². The van der Waals surface area contributed by atoms with Crippen molar-refractivity contribution in [3.63, 3.8) is 0 Å². The largest absolute Gasteiger partial charge is 0.369 e. The molecule has 0 aliphatic heterocycles. The fourth-order valence-electron chi connectivity index (χ4n) is 3.31. The molecule has 0 aromatic heterocycles. The van der Waals surface area contributed by atoms with Crippen molar-refractivity contribution in [2.24, 2.45) is 5.92 Å². The van der Waals surface area contributed by atoms with Crippen LogP contribution in [-0.4, -0.2) is 19.6 Å². The van der Waals surface area contributed by atoms with Gasteiger partial charge in [-0.2, -0.15) is 0 Å². The van der Waals surface area contributed by atoms with E-state index in [0.29, 0.717) is 6.04 Å². The summed E-state index contributed by atoms with van der Waals surface area (Å²) in [6.07, 6.45) is 6.03. The molecule has 1 N–H and O–H groups in total. The van der Waals surface area contributed by atoms with Crippen LogP contribution in [0.2, 0.25) is 0 Å². The van der Waals surface area contributed by atoms with Crippen molar-refractivity contribution in [2.75, 3.05) is 18.5 Å². The lowest BCUT2D eigenvalue weighted by molar-refractivity contribution is 0.335. The number of halogens is 1. The highest BCUT2D eigenvalue weighted by Gasteiger charge is 2.24. The highest BCUT2D eigenvalue weighted by atomic mass is 19.1. The van der Waals surface area contributed by atoms with Gasteiger partial charge in [0.15, 0.2) is 0 Å². The second-order valence-corrected chi connectivity index (χ2v) is 6.50. The molecule has 1 aliphatic carbocycles. The van der Waals surface area contributed by atoms with Gasteiger partial charge in [-0.25, -0.2) is 4.39 Å². The first-order valence-corrected chi connectivity index (χ1v) is 8.33. The first-order chi connectivity index (χ1) is 10.1. The molecule has 0 spiro atoms. The Morgan fingerprint density at radius 3 is 2.81 bits per heavy atom. The van der Waals surface area contributed by atoms with Crippen molar-refractivity contribution >= 4 is 5.69 Å². The second kappa shape index (κ2) is 7.79. The summed E-state index contributed by atoms with van der Waals surface area (Å²) in [5.41, 5.74) is 1.77. The van der Waals surface area contributed by atoms with E-state index in [0.717, 1.165) is 36.7 Å². The highest BCUT2D eigenvalue weighted by molar-refractivity contribution is 5.49. The van der Waals surface area contributed by atoms with E-state index in [9.17, 15) is 4.39 Å². The van der Waals surface area contributed by atoms with E-state index in [1.54, 1.807) is 6.07 Å². The number of nitrogens with zero attached hydrogens (tertiary/aromatic N) is 1. The minimum absolute atomic E-state index is 0.0912. The maximum Gasteiger partial charge on any atom is 0.146 e. The molecule has 0 radical (unpaired) electrons. The van der Waals surface area contributed by atoms with Gasteiger partial charge in [0, 0.05) is 19.6 Å². The third kappa shape index (κ3) is 4.44. The van der Waals surface area contributed by atoms with Crippen molar-refractivity contribution in [3.8, 4) is 0 Å². The number of rotatable bonds is 6. The molecule has 0 saturated heterocycles. The molecule has 1 aromatic carbocycles. The Labute approximate surface area is 128 Å². The summed E-state index contributed by atoms with van der Waals surface area (Å²) in [6, 6.07) is 6.15. The summed E-state index contributed by atoms with van der Waals surface area (Å²) in [4.78, 5) is 2.15. The van der Waals surface area contributed by atoms with E-state index >= 15 is 0 Å². The fraction of sp³-hybridized carbons (Fsp3) is 0.667. The smallest absolute Gasteiger partial charge is 0.146 e. The molecule has 2 nitrogen and oxygen atoms in total. The monoisotopic (exact) mass is 292 g/mol. The Morgan fingerprint density at radius 2 is 2.14 bits per heavy atom. The molecule has 3 heteroatoms. The lowest BCUT2D eigenvalue weighted by Crippen LogP contribution is -2.36. The van der Waals surface area contributed by atoms with Crippen molar-refractivity contribution in [1.82, 2.24) is 5.32 Å². The third-order valence-corrected chi connectivity index (χ3v) is 4.60. The maximum atomic E-state index is 14.4. The first-order valence-electron chi connectivity index (χ1n) is 8.33. The highest BCUT2D eigenvalue weighted by Crippen LogP contribution is 2.31. The van der Waals surface area contributed by atoms with E-state index < -0.39 is 0 Å². The third-order valence-electron chi connectivity index (χ3n) is 4.60. The zero-order chi connectivity index (χ0) is 15.2. The second-order valence-electron chi connectivity index (χ2n) is 6.50. The van der Waals surface area contributed by atoms with E-state index in [4.69, 9.17) is 0 Å². The Morgan fingerprint density at radius 1 is 1.33 bits per heavy atom. The molecule has 1 saturated carbocycles. The van der Waals surface area contributed by atoms with Crippen LogP contribution in [0, 0.1) is 11.7 Å². The minimum atomic E-state index is -0.0912. The summed E-state index contributed by atoms with van der Waals surface area (Å²) in [6.45, 7) is 6.16. The Bertz CT molecular complexity index is 447. The van der Waals surface area contributed by atoms with E-state index in [1.165, 1.54) is 25.7 Å². The molecule has 21 heavy (non-hydrogen) atoms. The standard InChI is InChI=1S/C18H29FN2/c1-4-10-20-13-15-8-9-18(17(19)12-15)21(3)16-7-5-6-14(2)11-16/h8-9,12,14,16,20H,4-7,10-11,13H2,1-3H3. The van der Waals surface area contributed by atoms with Crippen molar-refractivity contribution < 1.29 is 4.39 Å². The minimum Gasteiger partial charge on any atom is -0.369 e. The van der Waals surface area contributed by atoms with Crippen LogP contribution >= 0.6 is 0 Å². The first kappa shape index (κ1) is 16.3. The summed E-state index contributed by atoms with van der Waals surface area (Å²) in [5.74, 6) is 0.665. The molecule has 1 aromatic rings. The zero-order valence-corrected chi connectivity index (χ0v) is 13.7. The van der Waals surface area contributed by atoms with Gasteiger partial charge in [0.05, 0.1) is 5.69 Å². The van der Waals surface area contributed by atoms with Crippen molar-refractivity contribution in [2.45, 2.75) is 58.5 Å². The fourth-order valence-corrected chi connectivity index (χ4v) is 3.31. The molecule has 0 bridgehead atoms. The SMILES string of the molecule is CCCNCc1ccc(N(C)C2CCCC(C)C2)c(F)c1. The molecular weight excluding hydrogens is 263 g/mol. The molecule has 2 atom stereocenters.